The van der Waals surface area contributed by atoms with Gasteiger partial charge < -0.3 is 14.8 Å². The highest BCUT2D eigenvalue weighted by atomic mass is 32.1. The molecular formula is C28H25N5O2S. The Balaban J connectivity index is 1.52. The summed E-state index contributed by atoms with van der Waals surface area (Å²) in [7, 11) is 3.33. The molecule has 0 aliphatic rings. The molecule has 0 atom stereocenters. The molecule has 36 heavy (non-hydrogen) atoms. The SMILES string of the molecule is C=CCNc1nnc(-c2ccc(-n3nc(-c4ccc(OC)cc4)cc3-c3ccc(OC)cc3)cc2)s1. The van der Waals surface area contributed by atoms with Crippen LogP contribution in [0.15, 0.2) is 91.5 Å². The second-order valence-electron chi connectivity index (χ2n) is 7.91. The Hall–Kier alpha value is -4.43. The quantitative estimate of drug-likeness (QED) is 0.241. The monoisotopic (exact) mass is 495 g/mol. The second-order valence-corrected chi connectivity index (χ2v) is 8.89. The lowest BCUT2D eigenvalue weighted by Gasteiger charge is -2.09. The van der Waals surface area contributed by atoms with Gasteiger partial charge in [0.2, 0.25) is 5.13 Å². The van der Waals surface area contributed by atoms with Crippen LogP contribution in [0.1, 0.15) is 0 Å². The van der Waals surface area contributed by atoms with Crippen LogP contribution in [0.5, 0.6) is 11.5 Å². The molecule has 5 aromatic rings. The summed E-state index contributed by atoms with van der Waals surface area (Å²) in [5, 5.41) is 18.3. The summed E-state index contributed by atoms with van der Waals surface area (Å²) in [5.41, 5.74) is 5.83. The van der Waals surface area contributed by atoms with Crippen molar-refractivity contribution in [2.45, 2.75) is 0 Å². The number of methoxy groups -OCH3 is 2. The molecule has 0 radical (unpaired) electrons. The van der Waals surface area contributed by atoms with Crippen LogP contribution in [0.25, 0.3) is 38.8 Å². The Morgan fingerprint density at radius 1 is 0.833 bits per heavy atom. The summed E-state index contributed by atoms with van der Waals surface area (Å²) in [4.78, 5) is 0. The van der Waals surface area contributed by atoms with Gasteiger partial charge in [-0.25, -0.2) is 4.68 Å². The Morgan fingerprint density at radius 2 is 1.44 bits per heavy atom. The highest BCUT2D eigenvalue weighted by Gasteiger charge is 2.14. The minimum absolute atomic E-state index is 0.650. The Labute approximate surface area is 213 Å². The third kappa shape index (κ3) is 4.85. The minimum Gasteiger partial charge on any atom is -0.497 e. The molecule has 2 aromatic heterocycles. The molecule has 0 fully saturated rings. The van der Waals surface area contributed by atoms with Gasteiger partial charge in [-0.15, -0.1) is 16.8 Å². The number of aromatic nitrogens is 4. The summed E-state index contributed by atoms with van der Waals surface area (Å²) in [5.74, 6) is 1.62. The van der Waals surface area contributed by atoms with E-state index in [4.69, 9.17) is 14.6 Å². The van der Waals surface area contributed by atoms with Crippen LogP contribution in [0.4, 0.5) is 5.13 Å². The van der Waals surface area contributed by atoms with E-state index < -0.39 is 0 Å². The normalized spacial score (nSPS) is 10.7. The van der Waals surface area contributed by atoms with Crippen LogP contribution in [-0.4, -0.2) is 40.7 Å². The first kappa shape index (κ1) is 23.3. The van der Waals surface area contributed by atoms with Gasteiger partial charge in [0.15, 0.2) is 0 Å². The maximum Gasteiger partial charge on any atom is 0.206 e. The lowest BCUT2D eigenvalue weighted by Crippen LogP contribution is -1.99. The highest BCUT2D eigenvalue weighted by Crippen LogP contribution is 2.32. The van der Waals surface area contributed by atoms with Crippen LogP contribution in [-0.2, 0) is 0 Å². The topological polar surface area (TPSA) is 74.1 Å². The molecule has 1 N–H and O–H groups in total. The van der Waals surface area contributed by atoms with Gasteiger partial charge in [0.25, 0.3) is 0 Å². The molecule has 0 saturated carbocycles. The van der Waals surface area contributed by atoms with Crippen molar-refractivity contribution in [3.8, 4) is 50.3 Å². The number of nitrogens with zero attached hydrogens (tertiary/aromatic N) is 4. The second kappa shape index (κ2) is 10.5. The van der Waals surface area contributed by atoms with Crippen molar-refractivity contribution >= 4 is 16.5 Å². The zero-order valence-corrected chi connectivity index (χ0v) is 20.8. The van der Waals surface area contributed by atoms with E-state index in [-0.39, 0.29) is 0 Å². The molecule has 3 aromatic carbocycles. The zero-order valence-electron chi connectivity index (χ0n) is 20.0. The van der Waals surface area contributed by atoms with Crippen molar-refractivity contribution in [1.29, 1.82) is 0 Å². The van der Waals surface area contributed by atoms with Crippen LogP contribution >= 0.6 is 11.3 Å². The van der Waals surface area contributed by atoms with Gasteiger partial charge in [-0.2, -0.15) is 5.10 Å². The lowest BCUT2D eigenvalue weighted by molar-refractivity contribution is 0.414. The number of hydrogen-bond donors (Lipinski definition) is 1. The largest absolute Gasteiger partial charge is 0.497 e. The Bertz CT molecular complexity index is 1460. The first-order valence-electron chi connectivity index (χ1n) is 11.4. The fourth-order valence-corrected chi connectivity index (χ4v) is 4.52. The molecule has 2 heterocycles. The van der Waals surface area contributed by atoms with E-state index in [1.807, 2.05) is 77.5 Å². The van der Waals surface area contributed by atoms with E-state index in [1.165, 1.54) is 11.3 Å². The molecule has 0 bridgehead atoms. The molecule has 0 amide bonds. The van der Waals surface area contributed by atoms with Crippen molar-refractivity contribution < 1.29 is 9.47 Å². The van der Waals surface area contributed by atoms with Crippen molar-refractivity contribution in [1.82, 2.24) is 20.0 Å². The molecule has 7 nitrogen and oxygen atoms in total. The number of ether oxygens (including phenoxy) is 2. The molecule has 0 unspecified atom stereocenters. The highest BCUT2D eigenvalue weighted by molar-refractivity contribution is 7.18. The number of hydrogen-bond acceptors (Lipinski definition) is 7. The summed E-state index contributed by atoms with van der Waals surface area (Å²) in [6, 6.07) is 26.2. The molecule has 0 saturated heterocycles. The van der Waals surface area contributed by atoms with Crippen molar-refractivity contribution in [2.75, 3.05) is 26.1 Å². The van der Waals surface area contributed by atoms with Gasteiger partial charge in [-0.1, -0.05) is 17.4 Å². The standard InChI is InChI=1S/C28H25N5O2S/c1-4-17-29-28-31-30-27(36-28)21-5-11-22(12-6-21)33-26(20-9-15-24(35-3)16-10-20)18-25(32-33)19-7-13-23(34-2)14-8-19/h4-16,18H,1,17H2,2-3H3,(H,29,31). The van der Waals surface area contributed by atoms with Gasteiger partial charge in [-0.05, 0) is 78.9 Å². The van der Waals surface area contributed by atoms with Gasteiger partial charge in [0.05, 0.1) is 31.3 Å². The summed E-state index contributed by atoms with van der Waals surface area (Å²) in [6.45, 7) is 4.37. The Morgan fingerprint density at radius 3 is 2.06 bits per heavy atom. The van der Waals surface area contributed by atoms with Gasteiger partial charge in [-0.3, -0.25) is 0 Å². The first-order chi connectivity index (χ1) is 17.7. The van der Waals surface area contributed by atoms with E-state index in [2.05, 4.69) is 28.2 Å². The summed E-state index contributed by atoms with van der Waals surface area (Å²) >= 11 is 1.51. The van der Waals surface area contributed by atoms with Gasteiger partial charge in [0.1, 0.15) is 16.5 Å². The van der Waals surface area contributed by atoms with Crippen molar-refractivity contribution in [3.05, 3.63) is 91.5 Å². The van der Waals surface area contributed by atoms with Crippen molar-refractivity contribution in [3.63, 3.8) is 0 Å². The number of rotatable bonds is 9. The smallest absolute Gasteiger partial charge is 0.206 e. The van der Waals surface area contributed by atoms with Gasteiger partial charge in [0, 0.05) is 23.2 Å². The maximum atomic E-state index is 5.34. The summed E-state index contributed by atoms with van der Waals surface area (Å²) in [6.07, 6.45) is 1.79. The lowest BCUT2D eigenvalue weighted by atomic mass is 10.1. The van der Waals surface area contributed by atoms with Crippen LogP contribution in [0, 0.1) is 0 Å². The molecule has 5 rings (SSSR count). The molecule has 0 spiro atoms. The summed E-state index contributed by atoms with van der Waals surface area (Å²) < 4.78 is 12.6. The Kier molecular flexibility index (Phi) is 6.77. The molecule has 0 aliphatic carbocycles. The number of nitrogens with one attached hydrogen (secondary N) is 1. The third-order valence-electron chi connectivity index (χ3n) is 5.66. The molecule has 180 valence electrons. The molecule has 0 aliphatic heterocycles. The van der Waals surface area contributed by atoms with Crippen LogP contribution < -0.4 is 14.8 Å². The fourth-order valence-electron chi connectivity index (χ4n) is 3.76. The number of anilines is 1. The van der Waals surface area contributed by atoms with Crippen molar-refractivity contribution in [2.24, 2.45) is 0 Å². The van der Waals surface area contributed by atoms with Gasteiger partial charge >= 0.3 is 0 Å². The number of benzene rings is 3. The average Bonchev–Trinajstić information content (AvgIpc) is 3.60. The minimum atomic E-state index is 0.650. The van der Waals surface area contributed by atoms with E-state index >= 15 is 0 Å². The van der Waals surface area contributed by atoms with E-state index in [0.717, 1.165) is 55.4 Å². The van der Waals surface area contributed by atoms with E-state index in [0.29, 0.717) is 6.54 Å². The van der Waals surface area contributed by atoms with E-state index in [9.17, 15) is 0 Å². The predicted molar refractivity (Wildman–Crippen MR) is 145 cm³/mol. The first-order valence-corrected chi connectivity index (χ1v) is 12.2. The zero-order chi connectivity index (χ0) is 24.9. The molecular weight excluding hydrogens is 470 g/mol. The third-order valence-corrected chi connectivity index (χ3v) is 6.59. The maximum absolute atomic E-state index is 5.34. The average molecular weight is 496 g/mol. The van der Waals surface area contributed by atoms with E-state index in [1.54, 1.807) is 20.3 Å². The van der Waals surface area contributed by atoms with Crippen LogP contribution in [0.2, 0.25) is 0 Å². The van der Waals surface area contributed by atoms with Crippen LogP contribution in [0.3, 0.4) is 0 Å². The predicted octanol–water partition coefficient (Wildman–Crippen LogP) is 6.34. The fraction of sp³-hybridized carbons (Fsp3) is 0.107. The molecule has 8 heteroatoms.